The van der Waals surface area contributed by atoms with Crippen LogP contribution < -0.4 is 10.6 Å². The van der Waals surface area contributed by atoms with Gasteiger partial charge in [-0.1, -0.05) is 11.6 Å². The van der Waals surface area contributed by atoms with E-state index in [4.69, 9.17) is 21.1 Å². The van der Waals surface area contributed by atoms with Gasteiger partial charge in [0, 0.05) is 0 Å². The first-order valence-electron chi connectivity index (χ1n) is 7.53. The average molecular weight is 389 g/mol. The zero-order valence-corrected chi connectivity index (χ0v) is 14.6. The summed E-state index contributed by atoms with van der Waals surface area (Å²) in [5.74, 6) is -4.22. The first kappa shape index (κ1) is 19.6. The molecule has 1 aromatic carbocycles. The first-order valence-corrected chi connectivity index (χ1v) is 7.91. The lowest BCUT2D eigenvalue weighted by Gasteiger charge is -2.26. The molecule has 0 bridgehead atoms. The van der Waals surface area contributed by atoms with E-state index in [0.29, 0.717) is 12.1 Å². The fourth-order valence-electron chi connectivity index (χ4n) is 2.29. The minimum atomic E-state index is -1.27. The van der Waals surface area contributed by atoms with E-state index in [-0.39, 0.29) is 22.9 Å². The van der Waals surface area contributed by atoms with Crippen molar-refractivity contribution in [3.8, 4) is 0 Å². The van der Waals surface area contributed by atoms with Gasteiger partial charge >= 0.3 is 18.0 Å². The molecular weight excluding hydrogens is 374 g/mol. The van der Waals surface area contributed by atoms with Gasteiger partial charge in [-0.05, 0) is 26.0 Å². The Hall–Kier alpha value is -2.68. The van der Waals surface area contributed by atoms with Crippen molar-refractivity contribution in [1.29, 1.82) is 0 Å². The van der Waals surface area contributed by atoms with Crippen molar-refractivity contribution in [1.82, 2.24) is 10.6 Å². The molecule has 0 fully saturated rings. The Morgan fingerprint density at radius 1 is 1.19 bits per heavy atom. The van der Waals surface area contributed by atoms with E-state index in [1.54, 1.807) is 13.8 Å². The van der Waals surface area contributed by atoms with E-state index < -0.39 is 47.8 Å². The fraction of sp³-hybridized carbons (Fsp3) is 0.312. The number of amides is 2. The quantitative estimate of drug-likeness (QED) is 0.596. The number of urea groups is 1. The highest BCUT2D eigenvalue weighted by Gasteiger charge is 2.30. The molecule has 0 unspecified atom stereocenters. The maximum Gasteiger partial charge on any atom is 0.340 e. The molecule has 1 heterocycles. The molecule has 26 heavy (non-hydrogen) atoms. The van der Waals surface area contributed by atoms with Gasteiger partial charge in [0.05, 0.1) is 34.5 Å². The average Bonchev–Trinajstić information content (AvgIpc) is 2.55. The number of benzene rings is 1. The minimum absolute atomic E-state index is 0.0201. The maximum atomic E-state index is 13.3. The number of carbonyl (C=O) groups excluding carboxylic acids is 3. The molecule has 1 aliphatic rings. The highest BCUT2D eigenvalue weighted by atomic mass is 35.5. The van der Waals surface area contributed by atoms with E-state index in [2.05, 4.69) is 10.6 Å². The Balaban J connectivity index is 2.23. The van der Waals surface area contributed by atoms with Crippen LogP contribution in [0.1, 0.15) is 24.2 Å². The van der Waals surface area contributed by atoms with E-state index in [1.807, 2.05) is 0 Å². The molecule has 10 heteroatoms. The van der Waals surface area contributed by atoms with Crippen molar-refractivity contribution >= 4 is 29.6 Å². The van der Waals surface area contributed by atoms with Crippen LogP contribution >= 0.6 is 11.6 Å². The summed E-state index contributed by atoms with van der Waals surface area (Å²) in [5, 5.41) is 4.50. The van der Waals surface area contributed by atoms with Crippen LogP contribution in [0.5, 0.6) is 0 Å². The van der Waals surface area contributed by atoms with Crippen LogP contribution in [-0.4, -0.2) is 37.2 Å². The normalized spacial score (nSPS) is 16.7. The zero-order chi connectivity index (χ0) is 19.4. The molecule has 140 valence electrons. The molecule has 1 atom stereocenters. The van der Waals surface area contributed by atoms with Crippen LogP contribution in [0.4, 0.5) is 13.6 Å². The van der Waals surface area contributed by atoms with Crippen LogP contribution in [-0.2, 0) is 14.3 Å². The van der Waals surface area contributed by atoms with Gasteiger partial charge in [-0.3, -0.25) is 0 Å². The van der Waals surface area contributed by atoms with Gasteiger partial charge in [0.2, 0.25) is 0 Å². The van der Waals surface area contributed by atoms with E-state index in [0.717, 1.165) is 0 Å². The molecule has 0 saturated carbocycles. The summed E-state index contributed by atoms with van der Waals surface area (Å²) in [6.07, 6.45) is 0. The predicted octanol–water partition coefficient (Wildman–Crippen LogP) is 2.29. The van der Waals surface area contributed by atoms with Crippen molar-refractivity contribution in [2.75, 3.05) is 13.2 Å². The molecule has 7 nitrogen and oxygen atoms in total. The van der Waals surface area contributed by atoms with Gasteiger partial charge in [-0.15, -0.1) is 0 Å². The lowest BCUT2D eigenvalue weighted by atomic mass is 10.0. The number of carbonyl (C=O) groups is 3. The van der Waals surface area contributed by atoms with Crippen LogP contribution in [0.3, 0.4) is 0 Å². The topological polar surface area (TPSA) is 93.7 Å². The van der Waals surface area contributed by atoms with Gasteiger partial charge < -0.3 is 20.1 Å². The second-order valence-electron chi connectivity index (χ2n) is 5.26. The summed E-state index contributed by atoms with van der Waals surface area (Å²) < 4.78 is 36.3. The van der Waals surface area contributed by atoms with E-state index in [9.17, 15) is 23.2 Å². The van der Waals surface area contributed by atoms with Gasteiger partial charge in [-0.2, -0.15) is 0 Å². The van der Waals surface area contributed by atoms with Crippen molar-refractivity contribution in [2.45, 2.75) is 19.9 Å². The number of rotatable bonds is 5. The van der Waals surface area contributed by atoms with Crippen LogP contribution in [0, 0.1) is 11.6 Å². The molecule has 0 saturated heterocycles. The van der Waals surface area contributed by atoms with Gasteiger partial charge in [-0.25, -0.2) is 23.2 Å². The van der Waals surface area contributed by atoms with E-state index >= 15 is 0 Å². The van der Waals surface area contributed by atoms with Gasteiger partial charge in [0.15, 0.2) is 11.6 Å². The number of hydrogen-bond donors (Lipinski definition) is 2. The summed E-state index contributed by atoms with van der Waals surface area (Å²) in [6, 6.07) is -0.0269. The Morgan fingerprint density at radius 3 is 2.50 bits per heavy atom. The molecule has 2 rings (SSSR count). The predicted molar refractivity (Wildman–Crippen MR) is 86.4 cm³/mol. The summed E-state index contributed by atoms with van der Waals surface area (Å²) in [4.78, 5) is 35.7. The molecule has 0 spiro atoms. The maximum absolute atomic E-state index is 13.3. The molecule has 1 aliphatic heterocycles. The monoisotopic (exact) mass is 388 g/mol. The second-order valence-corrected chi connectivity index (χ2v) is 5.66. The zero-order valence-electron chi connectivity index (χ0n) is 13.8. The number of ether oxygens (including phenoxy) is 2. The fourth-order valence-corrected chi connectivity index (χ4v) is 2.52. The molecule has 2 N–H and O–H groups in total. The summed E-state index contributed by atoms with van der Waals surface area (Å²) >= 11 is 5.71. The lowest BCUT2D eigenvalue weighted by molar-refractivity contribution is -0.139. The third kappa shape index (κ3) is 4.29. The number of halogens is 3. The molecule has 0 aromatic heterocycles. The SMILES string of the molecule is CCOC(=O)C1=C(COC(=O)c2cc(F)c(F)cc2Cl)NC(=O)N[C@H]1C. The van der Waals surface area contributed by atoms with Crippen molar-refractivity contribution in [2.24, 2.45) is 0 Å². The van der Waals surface area contributed by atoms with Crippen LogP contribution in [0.15, 0.2) is 23.4 Å². The molecule has 0 aliphatic carbocycles. The Bertz CT molecular complexity index is 797. The molecule has 1 aromatic rings. The van der Waals surface area contributed by atoms with Crippen LogP contribution in [0.2, 0.25) is 5.02 Å². The highest BCUT2D eigenvalue weighted by Crippen LogP contribution is 2.21. The first-order chi connectivity index (χ1) is 12.2. The highest BCUT2D eigenvalue weighted by molar-refractivity contribution is 6.33. The Labute approximate surface area is 152 Å². The Morgan fingerprint density at radius 2 is 1.85 bits per heavy atom. The number of esters is 2. The third-order valence-corrected chi connectivity index (χ3v) is 3.76. The van der Waals surface area contributed by atoms with Gasteiger partial charge in [0.25, 0.3) is 0 Å². The number of nitrogens with one attached hydrogen (secondary N) is 2. The summed E-state index contributed by atoms with van der Waals surface area (Å²) in [6.45, 7) is 2.78. The lowest BCUT2D eigenvalue weighted by Crippen LogP contribution is -2.50. The smallest absolute Gasteiger partial charge is 0.340 e. The minimum Gasteiger partial charge on any atom is -0.463 e. The van der Waals surface area contributed by atoms with Crippen molar-refractivity contribution in [3.05, 3.63) is 45.6 Å². The van der Waals surface area contributed by atoms with Gasteiger partial charge in [0.1, 0.15) is 6.61 Å². The summed E-state index contributed by atoms with van der Waals surface area (Å²) in [5.41, 5.74) is -0.292. The molecule has 2 amide bonds. The molecule has 0 radical (unpaired) electrons. The standard InChI is InChI=1S/C16H15ClF2N2O5/c1-3-25-15(23)13-7(2)20-16(24)21-12(13)6-26-14(22)8-4-10(18)11(19)5-9(8)17/h4-5,7H,3,6H2,1-2H3,(H2,20,21,24)/t7-/m0/s1. The van der Waals surface area contributed by atoms with Crippen molar-refractivity contribution < 1.29 is 32.6 Å². The Kier molecular flexibility index (Phi) is 6.14. The third-order valence-electron chi connectivity index (χ3n) is 3.44. The summed E-state index contributed by atoms with van der Waals surface area (Å²) in [7, 11) is 0. The largest absolute Gasteiger partial charge is 0.463 e. The number of hydrogen-bond acceptors (Lipinski definition) is 5. The van der Waals surface area contributed by atoms with Crippen molar-refractivity contribution in [3.63, 3.8) is 0 Å². The molecular formula is C16H15ClF2N2O5. The second kappa shape index (κ2) is 8.13. The van der Waals surface area contributed by atoms with Crippen LogP contribution in [0.25, 0.3) is 0 Å². The van der Waals surface area contributed by atoms with E-state index in [1.165, 1.54) is 0 Å².